The van der Waals surface area contributed by atoms with Crippen LogP contribution in [-0.2, 0) is 10.0 Å². The Morgan fingerprint density at radius 2 is 2.04 bits per heavy atom. The van der Waals surface area contributed by atoms with Gasteiger partial charge in [-0.15, -0.1) is 0 Å². The van der Waals surface area contributed by atoms with Crippen molar-refractivity contribution >= 4 is 10.0 Å². The molecule has 9 heteroatoms. The fourth-order valence-electron chi connectivity index (χ4n) is 2.52. The van der Waals surface area contributed by atoms with Gasteiger partial charge in [0.25, 0.3) is 0 Å². The van der Waals surface area contributed by atoms with Crippen LogP contribution in [0.5, 0.6) is 5.88 Å². The van der Waals surface area contributed by atoms with Crippen molar-refractivity contribution in [3.8, 4) is 5.88 Å². The molecule has 0 radical (unpaired) electrons. The van der Waals surface area contributed by atoms with Gasteiger partial charge in [-0.25, -0.2) is 22.2 Å². The van der Waals surface area contributed by atoms with Gasteiger partial charge < -0.3 is 4.74 Å². The summed E-state index contributed by atoms with van der Waals surface area (Å²) in [5, 5.41) is 0. The Labute approximate surface area is 138 Å². The molecule has 1 saturated heterocycles. The molecule has 0 N–H and O–H groups in total. The lowest BCUT2D eigenvalue weighted by Gasteiger charge is -2.31. The third-order valence-electron chi connectivity index (χ3n) is 3.70. The average molecular weight is 355 g/mol. The van der Waals surface area contributed by atoms with E-state index >= 15 is 0 Å². The Balaban J connectivity index is 1.77. The highest BCUT2D eigenvalue weighted by molar-refractivity contribution is 7.89. The lowest BCUT2D eigenvalue weighted by Crippen LogP contribution is -2.44. The van der Waals surface area contributed by atoms with Gasteiger partial charge in [-0.05, 0) is 31.0 Å². The van der Waals surface area contributed by atoms with Crippen LogP contribution in [0.2, 0.25) is 0 Å². The van der Waals surface area contributed by atoms with Gasteiger partial charge >= 0.3 is 0 Å². The van der Waals surface area contributed by atoms with Crippen molar-refractivity contribution in [3.05, 3.63) is 48.4 Å². The third-order valence-corrected chi connectivity index (χ3v) is 5.56. The summed E-state index contributed by atoms with van der Waals surface area (Å²) < 4.78 is 58.4. The minimum Gasteiger partial charge on any atom is -0.472 e. The van der Waals surface area contributed by atoms with Gasteiger partial charge in [0.15, 0.2) is 11.6 Å². The number of ether oxygens (including phenoxy) is 1. The molecule has 2 heterocycles. The fraction of sp³-hybridized carbons (Fsp3) is 0.333. The zero-order valence-corrected chi connectivity index (χ0v) is 13.4. The minimum absolute atomic E-state index is 0.109. The summed E-state index contributed by atoms with van der Waals surface area (Å²) in [6.45, 7) is 0.402. The van der Waals surface area contributed by atoms with Crippen molar-refractivity contribution < 1.29 is 21.9 Å². The number of nitrogens with zero attached hydrogens (tertiary/aromatic N) is 3. The van der Waals surface area contributed by atoms with Crippen molar-refractivity contribution in [2.75, 3.05) is 13.1 Å². The van der Waals surface area contributed by atoms with Gasteiger partial charge in [0, 0.05) is 18.9 Å². The summed E-state index contributed by atoms with van der Waals surface area (Å²) >= 11 is 0. The Kier molecular flexibility index (Phi) is 4.72. The number of rotatable bonds is 4. The first-order chi connectivity index (χ1) is 11.5. The summed E-state index contributed by atoms with van der Waals surface area (Å²) in [6.07, 6.45) is 5.31. The van der Waals surface area contributed by atoms with Gasteiger partial charge in [-0.2, -0.15) is 4.31 Å². The Morgan fingerprint density at radius 3 is 2.75 bits per heavy atom. The van der Waals surface area contributed by atoms with Gasteiger partial charge in [0.1, 0.15) is 6.10 Å². The molecule has 128 valence electrons. The maximum atomic E-state index is 13.3. The first-order valence-corrected chi connectivity index (χ1v) is 8.79. The van der Waals surface area contributed by atoms with Crippen LogP contribution < -0.4 is 4.74 Å². The van der Waals surface area contributed by atoms with Gasteiger partial charge in [0.2, 0.25) is 15.9 Å². The summed E-state index contributed by atoms with van der Waals surface area (Å²) in [6, 6.07) is 2.55. The van der Waals surface area contributed by atoms with E-state index in [1.54, 1.807) is 0 Å². The number of hydrogen-bond donors (Lipinski definition) is 0. The molecule has 0 amide bonds. The van der Waals surface area contributed by atoms with Crippen molar-refractivity contribution in [1.29, 1.82) is 0 Å². The maximum Gasteiger partial charge on any atom is 0.243 e. The van der Waals surface area contributed by atoms with Gasteiger partial charge in [-0.1, -0.05) is 0 Å². The highest BCUT2D eigenvalue weighted by Crippen LogP contribution is 2.23. The molecular formula is C15H15F2N3O3S. The van der Waals surface area contributed by atoms with E-state index in [0.717, 1.165) is 12.1 Å². The van der Waals surface area contributed by atoms with E-state index < -0.39 is 21.7 Å². The predicted molar refractivity (Wildman–Crippen MR) is 80.8 cm³/mol. The molecule has 24 heavy (non-hydrogen) atoms. The van der Waals surface area contributed by atoms with Crippen molar-refractivity contribution in [2.24, 2.45) is 0 Å². The summed E-state index contributed by atoms with van der Waals surface area (Å²) in [7, 11) is -3.92. The van der Waals surface area contributed by atoms with Crippen LogP contribution in [0.25, 0.3) is 0 Å². The zero-order valence-electron chi connectivity index (χ0n) is 12.6. The molecule has 1 aliphatic heterocycles. The monoisotopic (exact) mass is 355 g/mol. The summed E-state index contributed by atoms with van der Waals surface area (Å²) in [5.74, 6) is -1.97. The highest BCUT2D eigenvalue weighted by atomic mass is 32.2. The normalized spacial score (nSPS) is 19.2. The molecule has 1 aromatic heterocycles. The highest BCUT2D eigenvalue weighted by Gasteiger charge is 2.31. The minimum atomic E-state index is -3.92. The number of sulfonamides is 1. The van der Waals surface area contributed by atoms with E-state index in [1.165, 1.54) is 22.9 Å². The van der Waals surface area contributed by atoms with Crippen LogP contribution >= 0.6 is 0 Å². The lowest BCUT2D eigenvalue weighted by atomic mass is 10.1. The van der Waals surface area contributed by atoms with E-state index in [1.807, 2.05) is 0 Å². The molecule has 0 bridgehead atoms. The number of piperidine rings is 1. The van der Waals surface area contributed by atoms with Crippen LogP contribution in [0, 0.1) is 11.6 Å². The molecular weight excluding hydrogens is 340 g/mol. The van der Waals surface area contributed by atoms with E-state index in [-0.39, 0.29) is 17.5 Å². The van der Waals surface area contributed by atoms with E-state index in [9.17, 15) is 17.2 Å². The van der Waals surface area contributed by atoms with Crippen LogP contribution in [0.15, 0.2) is 41.7 Å². The molecule has 1 aromatic carbocycles. The molecule has 2 aromatic rings. The lowest BCUT2D eigenvalue weighted by molar-refractivity contribution is 0.124. The fourth-order valence-corrected chi connectivity index (χ4v) is 4.05. The molecule has 6 nitrogen and oxygen atoms in total. The molecule has 1 atom stereocenters. The largest absolute Gasteiger partial charge is 0.472 e. The molecule has 0 aliphatic carbocycles. The van der Waals surface area contributed by atoms with Crippen LogP contribution in [0.1, 0.15) is 12.8 Å². The SMILES string of the molecule is O=S(=O)(c1ccc(F)c(F)c1)N1CCCC(Oc2cnccn2)C1. The van der Waals surface area contributed by atoms with Gasteiger partial charge in [0.05, 0.1) is 17.6 Å². The molecule has 3 rings (SSSR count). The number of benzene rings is 1. The molecule has 1 aliphatic rings. The maximum absolute atomic E-state index is 13.3. The Morgan fingerprint density at radius 1 is 1.21 bits per heavy atom. The first-order valence-electron chi connectivity index (χ1n) is 7.35. The molecule has 1 unspecified atom stereocenters. The quantitative estimate of drug-likeness (QED) is 0.839. The second kappa shape index (κ2) is 6.78. The van der Waals surface area contributed by atoms with Crippen LogP contribution in [0.4, 0.5) is 8.78 Å². The predicted octanol–water partition coefficient (Wildman–Crippen LogP) is 1.99. The second-order valence-electron chi connectivity index (χ2n) is 5.36. The Bertz CT molecular complexity index is 818. The number of halogens is 2. The first kappa shape index (κ1) is 16.7. The topological polar surface area (TPSA) is 72.4 Å². The Hall–Kier alpha value is -2.13. The molecule has 0 saturated carbocycles. The zero-order chi connectivity index (χ0) is 17.2. The summed E-state index contributed by atoms with van der Waals surface area (Å²) in [4.78, 5) is 7.61. The molecule has 0 spiro atoms. The number of aromatic nitrogens is 2. The van der Waals surface area contributed by atoms with Crippen molar-refractivity contribution in [2.45, 2.75) is 23.8 Å². The smallest absolute Gasteiger partial charge is 0.243 e. The van der Waals surface area contributed by atoms with Crippen LogP contribution in [0.3, 0.4) is 0 Å². The van der Waals surface area contributed by atoms with E-state index in [2.05, 4.69) is 9.97 Å². The second-order valence-corrected chi connectivity index (χ2v) is 7.30. The number of hydrogen-bond acceptors (Lipinski definition) is 5. The van der Waals surface area contributed by atoms with E-state index in [0.29, 0.717) is 31.3 Å². The van der Waals surface area contributed by atoms with Crippen LogP contribution in [-0.4, -0.2) is 41.9 Å². The van der Waals surface area contributed by atoms with Gasteiger partial charge in [-0.3, -0.25) is 4.98 Å². The average Bonchev–Trinajstić information content (AvgIpc) is 2.58. The third kappa shape index (κ3) is 3.51. The standard InChI is InChI=1S/C15H15F2N3O3S/c16-13-4-3-12(8-14(13)17)24(21,22)20-7-1-2-11(10-20)23-15-9-18-5-6-19-15/h3-6,8-9,11H,1-2,7,10H2. The van der Waals surface area contributed by atoms with Crippen molar-refractivity contribution in [1.82, 2.24) is 14.3 Å². The molecule has 1 fully saturated rings. The van der Waals surface area contributed by atoms with Crippen molar-refractivity contribution in [3.63, 3.8) is 0 Å². The summed E-state index contributed by atoms with van der Waals surface area (Å²) in [5.41, 5.74) is 0. The van der Waals surface area contributed by atoms with E-state index in [4.69, 9.17) is 4.74 Å².